The Kier molecular flexibility index (Phi) is 4.10. The zero-order valence-corrected chi connectivity index (χ0v) is 11.9. The highest BCUT2D eigenvalue weighted by Gasteiger charge is 2.29. The fourth-order valence-electron chi connectivity index (χ4n) is 2.01. The monoisotopic (exact) mass is 296 g/mol. The lowest BCUT2D eigenvalue weighted by Crippen LogP contribution is -2.34. The molecule has 20 heavy (non-hydrogen) atoms. The maximum absolute atomic E-state index is 12.6. The number of nitrogen functional groups attached to an aromatic ring is 1. The predicted molar refractivity (Wildman–Crippen MR) is 74.7 cm³/mol. The van der Waals surface area contributed by atoms with Crippen LogP contribution in [-0.4, -0.2) is 38.9 Å². The van der Waals surface area contributed by atoms with Crippen molar-refractivity contribution in [3.8, 4) is 0 Å². The average molecular weight is 296 g/mol. The van der Waals surface area contributed by atoms with Gasteiger partial charge in [0.2, 0.25) is 10.0 Å². The van der Waals surface area contributed by atoms with E-state index in [-0.39, 0.29) is 22.7 Å². The third kappa shape index (κ3) is 2.68. The van der Waals surface area contributed by atoms with Crippen molar-refractivity contribution in [1.29, 1.82) is 0 Å². The Balaban J connectivity index is 2.52. The second-order valence-electron chi connectivity index (χ2n) is 4.37. The van der Waals surface area contributed by atoms with Crippen molar-refractivity contribution in [2.24, 2.45) is 0 Å². The lowest BCUT2D eigenvalue weighted by molar-refractivity contribution is 0.0596. The number of benzene rings is 1. The van der Waals surface area contributed by atoms with Gasteiger partial charge in [0.1, 0.15) is 0 Å². The minimum Gasteiger partial charge on any atom is -0.465 e. The van der Waals surface area contributed by atoms with Gasteiger partial charge in [0.05, 0.1) is 17.6 Å². The van der Waals surface area contributed by atoms with Gasteiger partial charge in [-0.1, -0.05) is 12.2 Å². The van der Waals surface area contributed by atoms with Crippen LogP contribution in [0.2, 0.25) is 0 Å². The number of anilines is 1. The lowest BCUT2D eigenvalue weighted by Gasteiger charge is -2.23. The highest BCUT2D eigenvalue weighted by Crippen LogP contribution is 2.24. The molecule has 0 bridgehead atoms. The van der Waals surface area contributed by atoms with Gasteiger partial charge >= 0.3 is 5.97 Å². The van der Waals surface area contributed by atoms with E-state index in [9.17, 15) is 13.2 Å². The van der Waals surface area contributed by atoms with Crippen molar-refractivity contribution < 1.29 is 17.9 Å². The highest BCUT2D eigenvalue weighted by molar-refractivity contribution is 7.89. The molecule has 0 aromatic heterocycles. The molecule has 0 saturated carbocycles. The first-order valence-electron chi connectivity index (χ1n) is 6.10. The molecular formula is C13H16N2O4S. The number of sulfonamides is 1. The van der Waals surface area contributed by atoms with Crippen LogP contribution in [0.3, 0.4) is 0 Å². The van der Waals surface area contributed by atoms with Crippen LogP contribution >= 0.6 is 0 Å². The van der Waals surface area contributed by atoms with Crippen molar-refractivity contribution in [1.82, 2.24) is 4.31 Å². The molecule has 6 nitrogen and oxygen atoms in total. The summed E-state index contributed by atoms with van der Waals surface area (Å²) in [4.78, 5) is 11.6. The van der Waals surface area contributed by atoms with Crippen molar-refractivity contribution in [3.05, 3.63) is 35.9 Å². The van der Waals surface area contributed by atoms with Crippen LogP contribution in [0.5, 0.6) is 0 Å². The summed E-state index contributed by atoms with van der Waals surface area (Å²) in [7, 11) is -2.56. The first-order valence-corrected chi connectivity index (χ1v) is 7.54. The van der Waals surface area contributed by atoms with Crippen molar-refractivity contribution >= 4 is 21.7 Å². The Morgan fingerprint density at radius 3 is 2.70 bits per heavy atom. The lowest BCUT2D eigenvalue weighted by atomic mass is 10.2. The summed E-state index contributed by atoms with van der Waals surface area (Å²) in [6.45, 7) is 0.673. The number of hydrogen-bond donors (Lipinski definition) is 1. The van der Waals surface area contributed by atoms with E-state index in [1.807, 2.05) is 6.08 Å². The molecule has 2 N–H and O–H groups in total. The third-order valence-corrected chi connectivity index (χ3v) is 4.95. The standard InChI is InChI=1S/C13H16N2O4S/c1-19-13(16)11-6-5-10(14)9-12(11)20(17,18)15-7-3-2-4-8-15/h2-3,5-6,9H,4,7-8,14H2,1H3. The molecule has 0 atom stereocenters. The van der Waals surface area contributed by atoms with Crippen LogP contribution < -0.4 is 5.73 Å². The smallest absolute Gasteiger partial charge is 0.339 e. The quantitative estimate of drug-likeness (QED) is 0.510. The molecule has 0 spiro atoms. The van der Waals surface area contributed by atoms with E-state index in [4.69, 9.17) is 5.73 Å². The first-order chi connectivity index (χ1) is 9.46. The second kappa shape index (κ2) is 5.64. The molecule has 2 rings (SSSR count). The molecule has 0 amide bonds. The summed E-state index contributed by atoms with van der Waals surface area (Å²) in [5.41, 5.74) is 5.92. The van der Waals surface area contributed by atoms with Crippen molar-refractivity contribution in [2.75, 3.05) is 25.9 Å². The van der Waals surface area contributed by atoms with Crippen molar-refractivity contribution in [2.45, 2.75) is 11.3 Å². The fourth-order valence-corrected chi connectivity index (χ4v) is 3.63. The molecule has 1 aliphatic heterocycles. The maximum atomic E-state index is 12.6. The van der Waals surface area contributed by atoms with Gasteiger partial charge in [-0.3, -0.25) is 0 Å². The minimum atomic E-state index is -3.77. The first kappa shape index (κ1) is 14.5. The molecular weight excluding hydrogens is 280 g/mol. The third-order valence-electron chi connectivity index (χ3n) is 3.05. The summed E-state index contributed by atoms with van der Waals surface area (Å²) in [6.07, 6.45) is 4.35. The van der Waals surface area contributed by atoms with E-state index in [1.54, 1.807) is 6.08 Å². The van der Waals surface area contributed by atoms with Crippen LogP contribution in [0.25, 0.3) is 0 Å². The Bertz CT molecular complexity index is 652. The minimum absolute atomic E-state index is 0.00347. The summed E-state index contributed by atoms with van der Waals surface area (Å²) in [5, 5.41) is 0. The van der Waals surface area contributed by atoms with Crippen LogP contribution in [0, 0.1) is 0 Å². The summed E-state index contributed by atoms with van der Waals surface area (Å²) < 4.78 is 31.2. The molecule has 0 radical (unpaired) electrons. The Morgan fingerprint density at radius 1 is 1.35 bits per heavy atom. The largest absolute Gasteiger partial charge is 0.465 e. The van der Waals surface area contributed by atoms with Gasteiger partial charge in [0, 0.05) is 18.8 Å². The topological polar surface area (TPSA) is 89.7 Å². The van der Waals surface area contributed by atoms with Gasteiger partial charge in [-0.2, -0.15) is 4.31 Å². The highest BCUT2D eigenvalue weighted by atomic mass is 32.2. The van der Waals surface area contributed by atoms with Crippen LogP contribution in [0.4, 0.5) is 5.69 Å². The number of nitrogens with zero attached hydrogens (tertiary/aromatic N) is 1. The molecule has 1 aromatic carbocycles. The number of carbonyl (C=O) groups excluding carboxylic acids is 1. The van der Waals surface area contributed by atoms with Gasteiger partial charge in [-0.15, -0.1) is 0 Å². The number of carbonyl (C=O) groups is 1. The fraction of sp³-hybridized carbons (Fsp3) is 0.308. The second-order valence-corrected chi connectivity index (χ2v) is 6.28. The molecule has 0 aliphatic carbocycles. The molecule has 0 unspecified atom stereocenters. The van der Waals surface area contributed by atoms with E-state index < -0.39 is 16.0 Å². The van der Waals surface area contributed by atoms with E-state index in [0.29, 0.717) is 13.0 Å². The summed E-state index contributed by atoms with van der Waals surface area (Å²) in [6, 6.07) is 4.13. The molecule has 0 fully saturated rings. The Labute approximate surface area is 117 Å². The predicted octanol–water partition coefficient (Wildman–Crippen LogP) is 1.01. The molecule has 1 heterocycles. The number of nitrogens with two attached hydrogens (primary N) is 1. The van der Waals surface area contributed by atoms with E-state index in [2.05, 4.69) is 4.74 Å². The molecule has 108 valence electrons. The van der Waals surface area contributed by atoms with Gasteiger partial charge in [-0.25, -0.2) is 13.2 Å². The molecule has 7 heteroatoms. The summed E-state index contributed by atoms with van der Waals surface area (Å²) in [5.74, 6) is -0.698. The van der Waals surface area contributed by atoms with Crippen LogP contribution in [0.1, 0.15) is 16.8 Å². The Morgan fingerprint density at radius 2 is 2.10 bits per heavy atom. The SMILES string of the molecule is COC(=O)c1ccc(N)cc1S(=O)(=O)N1CC=CCC1. The number of esters is 1. The molecule has 1 aliphatic rings. The van der Waals surface area contributed by atoms with E-state index in [0.717, 1.165) is 0 Å². The molecule has 1 aromatic rings. The van der Waals surface area contributed by atoms with Crippen molar-refractivity contribution in [3.63, 3.8) is 0 Å². The van der Waals surface area contributed by atoms with E-state index >= 15 is 0 Å². The Hall–Kier alpha value is -1.86. The zero-order valence-electron chi connectivity index (χ0n) is 11.1. The number of hydrogen-bond acceptors (Lipinski definition) is 5. The number of rotatable bonds is 3. The average Bonchev–Trinajstić information content (AvgIpc) is 2.47. The van der Waals surface area contributed by atoms with Gasteiger partial charge in [0.15, 0.2) is 0 Å². The van der Waals surface area contributed by atoms with Gasteiger partial charge in [-0.05, 0) is 24.6 Å². The molecule has 0 saturated heterocycles. The van der Waals surface area contributed by atoms with E-state index in [1.165, 1.54) is 29.6 Å². The summed E-state index contributed by atoms with van der Waals surface area (Å²) >= 11 is 0. The normalized spacial score (nSPS) is 16.1. The number of methoxy groups -OCH3 is 1. The number of ether oxygens (including phenoxy) is 1. The van der Waals surface area contributed by atoms with Crippen LogP contribution in [0.15, 0.2) is 35.2 Å². The van der Waals surface area contributed by atoms with Gasteiger partial charge < -0.3 is 10.5 Å². The van der Waals surface area contributed by atoms with Crippen LogP contribution in [-0.2, 0) is 14.8 Å². The zero-order chi connectivity index (χ0) is 14.8. The maximum Gasteiger partial charge on any atom is 0.339 e. The van der Waals surface area contributed by atoms with Gasteiger partial charge in [0.25, 0.3) is 0 Å².